The maximum Gasteiger partial charge on any atom is 0.410 e. The summed E-state index contributed by atoms with van der Waals surface area (Å²) in [4.78, 5) is 15.3. The van der Waals surface area contributed by atoms with Crippen molar-refractivity contribution in [3.63, 3.8) is 0 Å². The van der Waals surface area contributed by atoms with Gasteiger partial charge in [0, 0.05) is 21.7 Å². The second-order valence-electron chi connectivity index (χ2n) is 4.92. The lowest BCUT2D eigenvalue weighted by atomic mass is 9.81. The van der Waals surface area contributed by atoms with Crippen LogP contribution in [0.5, 0.6) is 0 Å². The van der Waals surface area contributed by atoms with E-state index in [1.165, 1.54) is 17.8 Å². The summed E-state index contributed by atoms with van der Waals surface area (Å²) in [6.45, 7) is 0.735. The zero-order valence-corrected chi connectivity index (χ0v) is 13.2. The number of hydrogen-bond donors (Lipinski definition) is 2. The number of carboxylic acid groups (broad SMARTS) is 1. The van der Waals surface area contributed by atoms with Gasteiger partial charge in [-0.05, 0) is 18.2 Å². The van der Waals surface area contributed by atoms with Crippen molar-refractivity contribution < 1.29 is 19.0 Å². The Morgan fingerprint density at radius 2 is 2.43 bits per heavy atom. The SMILES string of the molecule is O=C(O)NC1=N[C@@]2(c3cc(Br)ccc3F)COC[C@H]2CS1. The average molecular weight is 375 g/mol. The number of amidine groups is 1. The average Bonchev–Trinajstić information content (AvgIpc) is 2.84. The van der Waals surface area contributed by atoms with E-state index < -0.39 is 11.6 Å². The van der Waals surface area contributed by atoms with E-state index in [1.54, 1.807) is 12.1 Å². The Morgan fingerprint density at radius 1 is 1.62 bits per heavy atom. The van der Waals surface area contributed by atoms with Crippen molar-refractivity contribution >= 4 is 39.0 Å². The standard InChI is InChI=1S/C13H12BrFN2O3S/c14-8-1-2-10(15)9(3-8)13-6-20-4-7(13)5-21-11(17-13)16-12(18)19/h1-3,7H,4-6H2,(H,16,17)(H,18,19)/t7-,13-/m0/s1. The summed E-state index contributed by atoms with van der Waals surface area (Å²) in [5.41, 5.74) is -0.430. The summed E-state index contributed by atoms with van der Waals surface area (Å²) in [6.07, 6.45) is -1.18. The highest BCUT2D eigenvalue weighted by Crippen LogP contribution is 2.45. The van der Waals surface area contributed by atoms with Crippen LogP contribution < -0.4 is 5.32 Å². The Morgan fingerprint density at radius 3 is 3.19 bits per heavy atom. The van der Waals surface area contributed by atoms with E-state index in [0.717, 1.165) is 4.47 Å². The number of ether oxygens (including phenoxy) is 1. The molecule has 2 N–H and O–H groups in total. The number of carbonyl (C=O) groups is 1. The highest BCUT2D eigenvalue weighted by atomic mass is 79.9. The topological polar surface area (TPSA) is 70.9 Å². The number of aliphatic imine (C=N–C) groups is 1. The molecule has 2 atom stereocenters. The zero-order valence-electron chi connectivity index (χ0n) is 10.8. The Bertz CT molecular complexity index is 627. The molecule has 0 spiro atoms. The van der Waals surface area contributed by atoms with Gasteiger partial charge in [0.25, 0.3) is 0 Å². The summed E-state index contributed by atoms with van der Waals surface area (Å²) in [7, 11) is 0. The monoisotopic (exact) mass is 374 g/mol. The fourth-order valence-electron chi connectivity index (χ4n) is 2.66. The number of benzene rings is 1. The molecule has 21 heavy (non-hydrogen) atoms. The Kier molecular flexibility index (Phi) is 3.94. The van der Waals surface area contributed by atoms with Crippen LogP contribution in [0.4, 0.5) is 9.18 Å². The van der Waals surface area contributed by atoms with E-state index in [9.17, 15) is 9.18 Å². The summed E-state index contributed by atoms with van der Waals surface area (Å²) >= 11 is 4.66. The number of nitrogens with zero attached hydrogens (tertiary/aromatic N) is 1. The third-order valence-electron chi connectivity index (χ3n) is 3.65. The second-order valence-corrected chi connectivity index (χ2v) is 6.84. The molecule has 5 nitrogen and oxygen atoms in total. The molecular formula is C13H12BrFN2O3S. The van der Waals surface area contributed by atoms with Gasteiger partial charge in [-0.1, -0.05) is 27.7 Å². The van der Waals surface area contributed by atoms with Gasteiger partial charge in [0.05, 0.1) is 13.2 Å². The molecule has 0 aliphatic carbocycles. The first kappa shape index (κ1) is 14.8. The highest BCUT2D eigenvalue weighted by Gasteiger charge is 2.49. The van der Waals surface area contributed by atoms with Crippen LogP contribution in [0.15, 0.2) is 27.7 Å². The van der Waals surface area contributed by atoms with E-state index in [2.05, 4.69) is 26.2 Å². The highest BCUT2D eigenvalue weighted by molar-refractivity contribution is 9.10. The molecule has 2 heterocycles. The third kappa shape index (κ3) is 2.67. The number of rotatable bonds is 1. The van der Waals surface area contributed by atoms with Crippen LogP contribution in [0, 0.1) is 11.7 Å². The Balaban J connectivity index is 2.09. The molecule has 2 aliphatic heterocycles. The van der Waals surface area contributed by atoms with Gasteiger partial charge in [-0.2, -0.15) is 0 Å². The number of thioether (sulfide) groups is 1. The lowest BCUT2D eigenvalue weighted by Crippen LogP contribution is -2.42. The molecule has 1 amide bonds. The first-order valence-corrected chi connectivity index (χ1v) is 8.05. The Hall–Kier alpha value is -1.12. The molecule has 0 unspecified atom stereocenters. The molecule has 0 radical (unpaired) electrons. The fraction of sp³-hybridized carbons (Fsp3) is 0.385. The minimum absolute atomic E-state index is 0.0191. The van der Waals surface area contributed by atoms with Crippen LogP contribution >= 0.6 is 27.7 Å². The summed E-state index contributed by atoms with van der Waals surface area (Å²) in [6, 6.07) is 4.69. The van der Waals surface area contributed by atoms with Crippen LogP contribution in [0.3, 0.4) is 0 Å². The second kappa shape index (κ2) is 5.58. The maximum atomic E-state index is 14.3. The number of halogens is 2. The lowest BCUT2D eigenvalue weighted by Gasteiger charge is -2.34. The van der Waals surface area contributed by atoms with E-state index in [-0.39, 0.29) is 23.5 Å². The van der Waals surface area contributed by atoms with Crippen LogP contribution in [0.1, 0.15) is 5.56 Å². The summed E-state index contributed by atoms with van der Waals surface area (Å²) in [5, 5.41) is 11.4. The van der Waals surface area contributed by atoms with Gasteiger partial charge >= 0.3 is 6.09 Å². The van der Waals surface area contributed by atoms with Crippen LogP contribution in [0.2, 0.25) is 0 Å². The molecule has 0 bridgehead atoms. The Labute approximate surface area is 133 Å². The van der Waals surface area contributed by atoms with Gasteiger partial charge in [0.15, 0.2) is 5.17 Å². The molecule has 8 heteroatoms. The molecule has 1 aromatic rings. The largest absolute Gasteiger partial charge is 0.465 e. The maximum absolute atomic E-state index is 14.3. The van der Waals surface area contributed by atoms with Gasteiger partial charge in [-0.3, -0.25) is 5.32 Å². The van der Waals surface area contributed by atoms with Gasteiger partial charge in [0.1, 0.15) is 11.4 Å². The normalized spacial score (nSPS) is 27.9. The van der Waals surface area contributed by atoms with Crippen molar-refractivity contribution in [2.75, 3.05) is 19.0 Å². The van der Waals surface area contributed by atoms with Crippen molar-refractivity contribution in [1.29, 1.82) is 0 Å². The molecule has 112 valence electrons. The summed E-state index contributed by atoms with van der Waals surface area (Å²) < 4.78 is 20.6. The van der Waals surface area contributed by atoms with Crippen molar-refractivity contribution in [1.82, 2.24) is 5.32 Å². The smallest absolute Gasteiger partial charge is 0.410 e. The molecule has 1 saturated heterocycles. The first-order chi connectivity index (χ1) is 10.0. The number of hydrogen-bond acceptors (Lipinski definition) is 4. The quantitative estimate of drug-likeness (QED) is 0.792. The van der Waals surface area contributed by atoms with E-state index in [1.807, 2.05) is 0 Å². The van der Waals surface area contributed by atoms with E-state index in [0.29, 0.717) is 17.9 Å². The van der Waals surface area contributed by atoms with Gasteiger partial charge in [0.2, 0.25) is 0 Å². The van der Waals surface area contributed by atoms with Crippen molar-refractivity contribution in [2.24, 2.45) is 10.9 Å². The zero-order chi connectivity index (χ0) is 15.0. The van der Waals surface area contributed by atoms with Crippen molar-refractivity contribution in [2.45, 2.75) is 5.54 Å². The molecule has 0 saturated carbocycles. The number of amides is 1. The number of fused-ring (bicyclic) bond motifs is 1. The first-order valence-electron chi connectivity index (χ1n) is 6.27. The minimum atomic E-state index is -1.18. The third-order valence-corrected chi connectivity index (χ3v) is 5.18. The summed E-state index contributed by atoms with van der Waals surface area (Å²) in [5.74, 6) is 0.287. The van der Waals surface area contributed by atoms with Gasteiger partial charge < -0.3 is 9.84 Å². The molecule has 1 fully saturated rings. The molecule has 0 aromatic heterocycles. The van der Waals surface area contributed by atoms with E-state index in [4.69, 9.17) is 9.84 Å². The van der Waals surface area contributed by atoms with Crippen molar-refractivity contribution in [3.8, 4) is 0 Å². The fourth-order valence-corrected chi connectivity index (χ4v) is 4.14. The van der Waals surface area contributed by atoms with Crippen LogP contribution in [-0.4, -0.2) is 35.3 Å². The lowest BCUT2D eigenvalue weighted by molar-refractivity contribution is 0.176. The van der Waals surface area contributed by atoms with Gasteiger partial charge in [-0.15, -0.1) is 0 Å². The van der Waals surface area contributed by atoms with Crippen LogP contribution in [-0.2, 0) is 10.3 Å². The molecule has 1 aromatic carbocycles. The molecular weight excluding hydrogens is 363 g/mol. The van der Waals surface area contributed by atoms with Gasteiger partial charge in [-0.25, -0.2) is 14.2 Å². The molecule has 3 rings (SSSR count). The van der Waals surface area contributed by atoms with Crippen molar-refractivity contribution in [3.05, 3.63) is 34.1 Å². The molecule has 2 aliphatic rings. The minimum Gasteiger partial charge on any atom is -0.465 e. The number of nitrogens with one attached hydrogen (secondary N) is 1. The predicted octanol–water partition coefficient (Wildman–Crippen LogP) is 2.80. The van der Waals surface area contributed by atoms with E-state index >= 15 is 0 Å². The predicted molar refractivity (Wildman–Crippen MR) is 81.1 cm³/mol. The van der Waals surface area contributed by atoms with Crippen LogP contribution in [0.25, 0.3) is 0 Å².